The first-order chi connectivity index (χ1) is 8.95. The van der Waals surface area contributed by atoms with Gasteiger partial charge in [-0.25, -0.2) is 5.84 Å². The van der Waals surface area contributed by atoms with Crippen molar-refractivity contribution >= 4 is 5.91 Å². The van der Waals surface area contributed by atoms with Crippen LogP contribution in [0.25, 0.3) is 0 Å². The largest absolute Gasteiger partial charge is 0.496 e. The van der Waals surface area contributed by atoms with Gasteiger partial charge in [-0.05, 0) is 29.2 Å². The van der Waals surface area contributed by atoms with Gasteiger partial charge in [0.25, 0.3) is 5.91 Å². The highest BCUT2D eigenvalue weighted by Gasteiger charge is 2.09. The standard InChI is InChI=1S/C14H22N2O3/c1-10(2)12-7-11(5-6-13(12)18-4)8-19-9-14(17)16(3)15/h5-7,10H,8-9,15H2,1-4H3. The van der Waals surface area contributed by atoms with Crippen LogP contribution in [0.4, 0.5) is 0 Å². The maximum absolute atomic E-state index is 11.3. The molecule has 106 valence electrons. The summed E-state index contributed by atoms with van der Waals surface area (Å²) in [6.45, 7) is 4.57. The van der Waals surface area contributed by atoms with Crippen molar-refractivity contribution in [1.29, 1.82) is 0 Å². The van der Waals surface area contributed by atoms with E-state index in [2.05, 4.69) is 13.8 Å². The first kappa shape index (κ1) is 15.5. The lowest BCUT2D eigenvalue weighted by atomic mass is 10.00. The molecule has 0 aliphatic carbocycles. The van der Waals surface area contributed by atoms with E-state index in [1.54, 1.807) is 7.11 Å². The normalized spacial score (nSPS) is 10.6. The van der Waals surface area contributed by atoms with Gasteiger partial charge >= 0.3 is 0 Å². The van der Waals surface area contributed by atoms with Crippen LogP contribution in [0.3, 0.4) is 0 Å². The number of carbonyl (C=O) groups is 1. The molecule has 0 unspecified atom stereocenters. The number of rotatable bonds is 6. The van der Waals surface area contributed by atoms with Gasteiger partial charge in [-0.1, -0.05) is 19.9 Å². The van der Waals surface area contributed by atoms with Gasteiger partial charge < -0.3 is 9.47 Å². The number of benzene rings is 1. The van der Waals surface area contributed by atoms with Crippen LogP contribution < -0.4 is 10.6 Å². The van der Waals surface area contributed by atoms with E-state index in [9.17, 15) is 4.79 Å². The van der Waals surface area contributed by atoms with E-state index in [-0.39, 0.29) is 12.5 Å². The van der Waals surface area contributed by atoms with E-state index in [0.29, 0.717) is 12.5 Å². The Hall–Kier alpha value is -1.59. The summed E-state index contributed by atoms with van der Waals surface area (Å²) in [6.07, 6.45) is 0. The lowest BCUT2D eigenvalue weighted by molar-refractivity contribution is -0.135. The first-order valence-corrected chi connectivity index (χ1v) is 6.21. The molecule has 0 radical (unpaired) electrons. The van der Waals surface area contributed by atoms with E-state index in [0.717, 1.165) is 21.9 Å². The molecule has 5 nitrogen and oxygen atoms in total. The van der Waals surface area contributed by atoms with Crippen LogP contribution in [0.1, 0.15) is 30.9 Å². The average Bonchev–Trinajstić information content (AvgIpc) is 2.38. The van der Waals surface area contributed by atoms with Gasteiger partial charge in [0.1, 0.15) is 12.4 Å². The zero-order valence-corrected chi connectivity index (χ0v) is 12.0. The Morgan fingerprint density at radius 2 is 2.11 bits per heavy atom. The van der Waals surface area contributed by atoms with Crippen LogP contribution in [0.5, 0.6) is 5.75 Å². The van der Waals surface area contributed by atoms with E-state index < -0.39 is 0 Å². The fourth-order valence-corrected chi connectivity index (χ4v) is 1.68. The van der Waals surface area contributed by atoms with Crippen molar-refractivity contribution in [2.45, 2.75) is 26.4 Å². The van der Waals surface area contributed by atoms with Crippen LogP contribution in [0, 0.1) is 0 Å². The third kappa shape index (κ3) is 4.54. The Bertz CT molecular complexity index is 431. The van der Waals surface area contributed by atoms with Crippen LogP contribution >= 0.6 is 0 Å². The molecule has 0 saturated heterocycles. The predicted octanol–water partition coefficient (Wildman–Crippen LogP) is 1.67. The second kappa shape index (κ2) is 7.11. The van der Waals surface area contributed by atoms with Crippen molar-refractivity contribution < 1.29 is 14.3 Å². The summed E-state index contributed by atoms with van der Waals surface area (Å²) in [7, 11) is 3.16. The number of amides is 1. The molecule has 0 aromatic heterocycles. The number of hydrazine groups is 1. The molecule has 19 heavy (non-hydrogen) atoms. The maximum Gasteiger partial charge on any atom is 0.262 e. The molecule has 0 bridgehead atoms. The zero-order chi connectivity index (χ0) is 14.4. The number of ether oxygens (including phenoxy) is 2. The number of hydrogen-bond donors (Lipinski definition) is 1. The molecule has 0 atom stereocenters. The molecule has 1 amide bonds. The van der Waals surface area contributed by atoms with Gasteiger partial charge in [0.05, 0.1) is 13.7 Å². The van der Waals surface area contributed by atoms with Crippen LogP contribution in [-0.4, -0.2) is 31.7 Å². The Kier molecular flexibility index (Phi) is 5.79. The van der Waals surface area contributed by atoms with Crippen molar-refractivity contribution in [2.75, 3.05) is 20.8 Å². The van der Waals surface area contributed by atoms with Crippen molar-refractivity contribution in [3.63, 3.8) is 0 Å². The zero-order valence-electron chi connectivity index (χ0n) is 12.0. The summed E-state index contributed by atoms with van der Waals surface area (Å²) < 4.78 is 10.7. The Morgan fingerprint density at radius 3 is 2.63 bits per heavy atom. The second-order valence-electron chi connectivity index (χ2n) is 4.73. The van der Waals surface area contributed by atoms with Crippen LogP contribution in [-0.2, 0) is 16.1 Å². The Balaban J connectivity index is 2.65. The monoisotopic (exact) mass is 266 g/mol. The molecule has 0 saturated carbocycles. The van der Waals surface area contributed by atoms with E-state index in [1.807, 2.05) is 18.2 Å². The minimum atomic E-state index is -0.252. The van der Waals surface area contributed by atoms with Gasteiger partial charge in [0.15, 0.2) is 0 Å². The molecule has 2 N–H and O–H groups in total. The van der Waals surface area contributed by atoms with Crippen molar-refractivity contribution in [3.05, 3.63) is 29.3 Å². The topological polar surface area (TPSA) is 64.8 Å². The number of likely N-dealkylation sites (N-methyl/N-ethyl adjacent to an activating group) is 1. The smallest absolute Gasteiger partial charge is 0.262 e. The molecule has 0 spiro atoms. The number of hydrogen-bond acceptors (Lipinski definition) is 4. The van der Waals surface area contributed by atoms with Crippen molar-refractivity contribution in [2.24, 2.45) is 5.84 Å². The number of carbonyl (C=O) groups excluding carboxylic acids is 1. The molecule has 5 heteroatoms. The van der Waals surface area contributed by atoms with Gasteiger partial charge in [-0.3, -0.25) is 9.80 Å². The van der Waals surface area contributed by atoms with Crippen LogP contribution in [0.15, 0.2) is 18.2 Å². The minimum Gasteiger partial charge on any atom is -0.496 e. The van der Waals surface area contributed by atoms with Crippen molar-refractivity contribution in [3.8, 4) is 5.75 Å². The summed E-state index contributed by atoms with van der Waals surface area (Å²) in [5.41, 5.74) is 2.14. The summed E-state index contributed by atoms with van der Waals surface area (Å²) in [5.74, 6) is 6.29. The molecule has 0 aliphatic rings. The molecule has 1 rings (SSSR count). The van der Waals surface area contributed by atoms with Gasteiger partial charge in [0, 0.05) is 7.05 Å². The summed E-state index contributed by atoms with van der Waals surface area (Å²) >= 11 is 0. The highest BCUT2D eigenvalue weighted by atomic mass is 16.5. The molecular weight excluding hydrogens is 244 g/mol. The van der Waals surface area contributed by atoms with Crippen LogP contribution in [0.2, 0.25) is 0 Å². The first-order valence-electron chi connectivity index (χ1n) is 6.21. The summed E-state index contributed by atoms with van der Waals surface area (Å²) in [6, 6.07) is 5.90. The predicted molar refractivity (Wildman–Crippen MR) is 73.7 cm³/mol. The number of nitrogens with two attached hydrogens (primary N) is 1. The fraction of sp³-hybridized carbons (Fsp3) is 0.500. The Morgan fingerprint density at radius 1 is 1.42 bits per heavy atom. The SMILES string of the molecule is COc1ccc(COCC(=O)N(C)N)cc1C(C)C. The van der Waals surface area contributed by atoms with Gasteiger partial charge in [0.2, 0.25) is 0 Å². The number of methoxy groups -OCH3 is 1. The van der Waals surface area contributed by atoms with Gasteiger partial charge in [-0.2, -0.15) is 0 Å². The minimum absolute atomic E-state index is 0.0178. The molecule has 0 heterocycles. The van der Waals surface area contributed by atoms with E-state index in [4.69, 9.17) is 15.3 Å². The van der Waals surface area contributed by atoms with Gasteiger partial charge in [-0.15, -0.1) is 0 Å². The molecule has 1 aromatic rings. The fourth-order valence-electron chi connectivity index (χ4n) is 1.68. The second-order valence-corrected chi connectivity index (χ2v) is 4.73. The molecule has 0 fully saturated rings. The third-order valence-electron chi connectivity index (χ3n) is 2.80. The highest BCUT2D eigenvalue weighted by Crippen LogP contribution is 2.27. The number of nitrogens with zero attached hydrogens (tertiary/aromatic N) is 1. The Labute approximate surface area is 114 Å². The summed E-state index contributed by atoms with van der Waals surface area (Å²) in [5, 5.41) is 1.02. The molecule has 1 aromatic carbocycles. The maximum atomic E-state index is 11.3. The van der Waals surface area contributed by atoms with E-state index >= 15 is 0 Å². The third-order valence-corrected chi connectivity index (χ3v) is 2.80. The lowest BCUT2D eigenvalue weighted by Crippen LogP contribution is -2.35. The van der Waals surface area contributed by atoms with Crippen molar-refractivity contribution in [1.82, 2.24) is 5.01 Å². The average molecular weight is 266 g/mol. The lowest BCUT2D eigenvalue weighted by Gasteiger charge is -2.14. The molecule has 0 aliphatic heterocycles. The highest BCUT2D eigenvalue weighted by molar-refractivity contribution is 5.76. The quantitative estimate of drug-likeness (QED) is 0.483. The molecular formula is C14H22N2O3. The summed E-state index contributed by atoms with van der Waals surface area (Å²) in [4.78, 5) is 11.3. The van der Waals surface area contributed by atoms with E-state index in [1.165, 1.54) is 7.05 Å².